The number of fused-ring (bicyclic) bond motifs is 15. The number of aliphatic hydroxyl groups is 5. The normalized spacial score (nSPS) is 27.3. The van der Waals surface area contributed by atoms with E-state index in [4.69, 9.17) is 63.1 Å². The Kier molecular flexibility index (Phi) is 23.4. The Hall–Kier alpha value is -7.90. The van der Waals surface area contributed by atoms with Crippen molar-refractivity contribution in [3.63, 3.8) is 0 Å². The van der Waals surface area contributed by atoms with E-state index in [2.05, 4.69) is 26.6 Å². The van der Waals surface area contributed by atoms with Crippen molar-refractivity contribution in [3.8, 4) is 57.1 Å². The molecule has 27 nitrogen and oxygen atoms in total. The van der Waals surface area contributed by atoms with Gasteiger partial charge in [-0.2, -0.15) is 0 Å². The molecule has 6 aliphatic heterocycles. The van der Waals surface area contributed by atoms with Gasteiger partial charge in [-0.1, -0.05) is 62.2 Å². The number of carbonyl (C=O) groups is 6. The molecule has 5 amide bonds. The van der Waals surface area contributed by atoms with Gasteiger partial charge in [-0.3, -0.25) is 28.8 Å². The molecular formula is C67H81Cl2N7O20. The first-order valence-corrected chi connectivity index (χ1v) is 32.2. The van der Waals surface area contributed by atoms with Crippen LogP contribution in [0.25, 0.3) is 11.1 Å². The Bertz CT molecular complexity index is 3710. The molecule has 0 saturated carbocycles. The molecule has 0 aliphatic carbocycles. The predicted molar refractivity (Wildman–Crippen MR) is 346 cm³/mol. The van der Waals surface area contributed by atoms with Gasteiger partial charge in [0, 0.05) is 61.6 Å². The summed E-state index contributed by atoms with van der Waals surface area (Å²) in [5.74, 6) is -9.70. The summed E-state index contributed by atoms with van der Waals surface area (Å²) in [6, 6.07) is 12.4. The van der Waals surface area contributed by atoms with Crippen LogP contribution in [-0.4, -0.2) is 163 Å². The number of primary amides is 1. The van der Waals surface area contributed by atoms with Gasteiger partial charge >= 0.3 is 0 Å². The molecule has 13 unspecified atom stereocenters. The van der Waals surface area contributed by atoms with Crippen molar-refractivity contribution in [2.75, 3.05) is 19.7 Å². The number of phenols is 3. The third-order valence-electron chi connectivity index (χ3n) is 17.1. The van der Waals surface area contributed by atoms with E-state index in [1.807, 2.05) is 13.8 Å². The first-order chi connectivity index (χ1) is 45.5. The fraction of sp³-hybridized carbons (Fsp3) is 0.463. The number of aromatic hydroxyl groups is 3. The fourth-order valence-electron chi connectivity index (χ4n) is 11.9. The zero-order valence-corrected chi connectivity index (χ0v) is 54.8. The Labute approximate surface area is 562 Å². The number of halogens is 2. The second-order valence-corrected chi connectivity index (χ2v) is 26.0. The van der Waals surface area contributed by atoms with Crippen molar-refractivity contribution >= 4 is 58.5 Å². The Morgan fingerprint density at radius 1 is 0.823 bits per heavy atom. The summed E-state index contributed by atoms with van der Waals surface area (Å²) in [5, 5.41) is 105. The molecule has 0 aromatic heterocycles. The number of Topliss-reactive ketones (excluding diaryl/α,β-unsaturated/α-hetero) is 1. The first-order valence-electron chi connectivity index (χ1n) is 31.5. The minimum atomic E-state index is -1.93. The standard InChI is InChI=1S/C67H81Cl2N7O20/c1-6-17-72-64(89)55-38-23-36(78)24-45(81)54(38)37-18-33(9-12-43(37)79)27-74-65(90)56-35-21-48(92-46-14-10-32(19-39(46)68)8-13-44(55)80)60(96-66-61(59(86)58(85)50(29-77)94-66)95-53-26-67(5,71)62(87)31(4)91-53)49(22-35)93-47-15-11-34(20-40(47)69)57(84)42(75-52(83)16-7-30(2)3)28-73-41(25-51(70)82)63(88)76-56/h9-12,14-15,18-24,30-31,41-42,50,53,55-59,61-62,66,73,77-79,81,84-87H,6-8,13,16-17,25-29,71H2,1-5H3,(H2,70,82)(H,72,89)(H,74,90)(H,75,83)(H,76,88)/t31?,41?,42?,50?,53?,55-,56?,57?,58?,59?,61?,62?,66?,67?/m0/s1. The third-order valence-corrected chi connectivity index (χ3v) is 17.7. The lowest BCUT2D eigenvalue weighted by atomic mass is 9.84. The van der Waals surface area contributed by atoms with Crippen LogP contribution in [0.5, 0.6) is 46.0 Å². The number of aryl methyl sites for hydroxylation is 1. The van der Waals surface area contributed by atoms with Crippen LogP contribution in [0.15, 0.2) is 78.9 Å². The molecule has 17 N–H and O–H groups in total. The van der Waals surface area contributed by atoms with Crippen molar-refractivity contribution in [1.82, 2.24) is 26.6 Å². The van der Waals surface area contributed by atoms with E-state index in [1.54, 1.807) is 20.8 Å². The number of carbonyl (C=O) groups excluding carboxylic acids is 6. The summed E-state index contributed by atoms with van der Waals surface area (Å²) in [6.45, 7) is 7.19. The molecular weight excluding hydrogens is 1290 g/mol. The van der Waals surface area contributed by atoms with Gasteiger partial charge in [-0.25, -0.2) is 0 Å². The molecule has 0 radical (unpaired) electrons. The minimum Gasteiger partial charge on any atom is -0.508 e. The van der Waals surface area contributed by atoms with Crippen LogP contribution in [0.3, 0.4) is 0 Å². The van der Waals surface area contributed by atoms with E-state index in [-0.39, 0.29) is 99.6 Å². The molecule has 9 bridgehead atoms. The van der Waals surface area contributed by atoms with Crippen molar-refractivity contribution < 1.29 is 98.0 Å². The number of amides is 5. The minimum absolute atomic E-state index is 0.0523. The van der Waals surface area contributed by atoms with E-state index in [0.29, 0.717) is 18.4 Å². The molecule has 6 heterocycles. The van der Waals surface area contributed by atoms with E-state index < -0.39 is 174 Å². The molecule has 14 atom stereocenters. The molecule has 11 rings (SSSR count). The van der Waals surface area contributed by atoms with Crippen molar-refractivity contribution in [2.45, 2.75) is 171 Å². The Morgan fingerprint density at radius 2 is 1.51 bits per heavy atom. The zero-order chi connectivity index (χ0) is 69.6. The van der Waals surface area contributed by atoms with Gasteiger partial charge in [-0.15, -0.1) is 0 Å². The average molecular weight is 1380 g/mol. The van der Waals surface area contributed by atoms with Gasteiger partial charge < -0.3 is 107 Å². The lowest BCUT2D eigenvalue weighted by Crippen LogP contribution is -2.64. The van der Waals surface area contributed by atoms with Crippen molar-refractivity contribution in [2.24, 2.45) is 17.4 Å². The second kappa shape index (κ2) is 31.1. The molecule has 2 saturated heterocycles. The number of rotatable bonds is 14. The van der Waals surface area contributed by atoms with Gasteiger partial charge in [0.1, 0.15) is 70.9 Å². The molecule has 5 aromatic carbocycles. The molecule has 6 aliphatic rings. The van der Waals surface area contributed by atoms with Crippen molar-refractivity contribution in [3.05, 3.63) is 117 Å². The number of nitrogens with one attached hydrogen (secondary N) is 5. The van der Waals surface area contributed by atoms with Crippen LogP contribution in [-0.2, 0) is 55.9 Å². The van der Waals surface area contributed by atoms with Crippen LogP contribution in [0.4, 0.5) is 0 Å². The lowest BCUT2D eigenvalue weighted by Gasteiger charge is -2.47. The molecule has 2 fully saturated rings. The fourth-order valence-corrected chi connectivity index (χ4v) is 12.4. The highest BCUT2D eigenvalue weighted by molar-refractivity contribution is 6.32. The number of hydrogen-bond acceptors (Lipinski definition) is 22. The third kappa shape index (κ3) is 16.9. The number of phenolic OH excluding ortho intramolecular Hbond substituents is 3. The number of aliphatic hydroxyl groups excluding tert-OH is 5. The number of nitrogens with two attached hydrogens (primary N) is 2. The zero-order valence-electron chi connectivity index (χ0n) is 53.3. The Balaban J connectivity index is 1.27. The number of hydrogen-bond donors (Lipinski definition) is 15. The monoisotopic (exact) mass is 1370 g/mol. The van der Waals surface area contributed by atoms with E-state index in [1.165, 1.54) is 66.7 Å². The summed E-state index contributed by atoms with van der Waals surface area (Å²) in [4.78, 5) is 86.0. The van der Waals surface area contributed by atoms with Crippen molar-refractivity contribution in [1.29, 1.82) is 0 Å². The largest absolute Gasteiger partial charge is 0.508 e. The summed E-state index contributed by atoms with van der Waals surface area (Å²) < 4.78 is 38.7. The van der Waals surface area contributed by atoms with Crippen LogP contribution in [0.2, 0.25) is 10.0 Å². The van der Waals surface area contributed by atoms with Gasteiger partial charge in [0.15, 0.2) is 23.9 Å². The maximum absolute atomic E-state index is 15.5. The second-order valence-electron chi connectivity index (χ2n) is 25.2. The quantitative estimate of drug-likeness (QED) is 0.0693. The number of ketones is 1. The highest BCUT2D eigenvalue weighted by Crippen LogP contribution is 2.49. The molecule has 96 heavy (non-hydrogen) atoms. The molecule has 5 aromatic rings. The number of ether oxygens (including phenoxy) is 6. The van der Waals surface area contributed by atoms with E-state index >= 15 is 9.59 Å². The van der Waals surface area contributed by atoms with Gasteiger partial charge in [-0.05, 0) is 121 Å². The van der Waals surface area contributed by atoms with E-state index in [0.717, 1.165) is 12.1 Å². The first kappa shape index (κ1) is 72.4. The van der Waals surface area contributed by atoms with Gasteiger partial charge in [0.25, 0.3) is 0 Å². The topological polar surface area (TPSA) is 432 Å². The maximum Gasteiger partial charge on any atom is 0.247 e. The van der Waals surface area contributed by atoms with Crippen LogP contribution >= 0.6 is 23.2 Å². The maximum atomic E-state index is 15.5. The summed E-state index contributed by atoms with van der Waals surface area (Å²) in [5.41, 5.74) is 11.1. The highest BCUT2D eigenvalue weighted by Gasteiger charge is 2.51. The Morgan fingerprint density at radius 3 is 2.16 bits per heavy atom. The lowest BCUT2D eigenvalue weighted by molar-refractivity contribution is -0.333. The van der Waals surface area contributed by atoms with Crippen LogP contribution in [0.1, 0.15) is 119 Å². The van der Waals surface area contributed by atoms with Gasteiger partial charge in [0.05, 0.1) is 47.4 Å². The average Bonchev–Trinajstić information content (AvgIpc) is 0.805. The molecule has 0 spiro atoms. The smallest absolute Gasteiger partial charge is 0.247 e. The van der Waals surface area contributed by atoms with Crippen LogP contribution in [0, 0.1) is 5.92 Å². The highest BCUT2D eigenvalue weighted by atomic mass is 35.5. The SMILES string of the molecule is CCCNC(=O)[C@@H]1C(=O)CCc2ccc(c(Cl)c2)Oc2cc3cc(c2OC2OC(CO)C(O)C(O)C2OC2CC(C)(N)C(O)C(C)O2)Oc2ccc(cc2Cl)C(O)C(NC(=O)CCC(C)C)CNC(CC(N)=O)C(=O)NC3C(=O)NCc2ccc(O)c(c2)-c2c(O)cc(O)cc21. The molecule has 29 heteroatoms. The summed E-state index contributed by atoms with van der Waals surface area (Å²) in [7, 11) is 0. The summed E-state index contributed by atoms with van der Waals surface area (Å²) >= 11 is 14.2. The number of benzene rings is 5. The van der Waals surface area contributed by atoms with E-state index in [9.17, 15) is 60.0 Å². The van der Waals surface area contributed by atoms with Gasteiger partial charge in [0.2, 0.25) is 41.6 Å². The van der Waals surface area contributed by atoms with Crippen LogP contribution < -0.4 is 52.3 Å². The molecule has 518 valence electrons. The predicted octanol–water partition coefficient (Wildman–Crippen LogP) is 4.18. The summed E-state index contributed by atoms with van der Waals surface area (Å²) in [6.07, 6.45) is -14.2.